The third-order valence-corrected chi connectivity index (χ3v) is 5.76. The highest BCUT2D eigenvalue weighted by Gasteiger charge is 2.37. The molecule has 0 aromatic heterocycles. The van der Waals surface area contributed by atoms with E-state index in [4.69, 9.17) is 23.2 Å². The Labute approximate surface area is 156 Å². The molecule has 2 atom stereocenters. The van der Waals surface area contributed by atoms with Gasteiger partial charge >= 0.3 is 0 Å². The van der Waals surface area contributed by atoms with Gasteiger partial charge in [-0.2, -0.15) is 0 Å². The van der Waals surface area contributed by atoms with Crippen LogP contribution in [0, 0.1) is 0 Å². The molecule has 2 aliphatic rings. The molecule has 1 aromatic carbocycles. The number of imide groups is 1. The van der Waals surface area contributed by atoms with Gasteiger partial charge in [0.25, 0.3) is 11.8 Å². The lowest BCUT2D eigenvalue weighted by Crippen LogP contribution is -2.48. The minimum absolute atomic E-state index is 0.0210. The summed E-state index contributed by atoms with van der Waals surface area (Å²) in [6.07, 6.45) is 3.22. The summed E-state index contributed by atoms with van der Waals surface area (Å²) >= 11 is 11.9. The van der Waals surface area contributed by atoms with Crippen LogP contribution in [0.15, 0.2) is 12.1 Å². The first-order valence-electron chi connectivity index (χ1n) is 8.47. The van der Waals surface area contributed by atoms with Crippen molar-refractivity contribution in [3.05, 3.63) is 33.3 Å². The van der Waals surface area contributed by atoms with Gasteiger partial charge in [-0.3, -0.25) is 19.3 Å². The number of hydrogen-bond donors (Lipinski definition) is 0. The van der Waals surface area contributed by atoms with Crippen molar-refractivity contribution in [2.45, 2.75) is 51.6 Å². The van der Waals surface area contributed by atoms with Gasteiger partial charge in [0, 0.05) is 25.0 Å². The van der Waals surface area contributed by atoms with E-state index in [1.54, 1.807) is 0 Å². The Morgan fingerprint density at radius 1 is 1.04 bits per heavy atom. The van der Waals surface area contributed by atoms with Gasteiger partial charge in [0.15, 0.2) is 0 Å². The fourth-order valence-corrected chi connectivity index (χ4v) is 4.06. The van der Waals surface area contributed by atoms with Crippen molar-refractivity contribution in [1.82, 2.24) is 9.80 Å². The van der Waals surface area contributed by atoms with Gasteiger partial charge in [0.2, 0.25) is 5.91 Å². The monoisotopic (exact) mass is 382 g/mol. The smallest absolute Gasteiger partial charge is 0.261 e. The lowest BCUT2D eigenvalue weighted by molar-refractivity contribution is -0.137. The lowest BCUT2D eigenvalue weighted by atomic mass is 9.97. The van der Waals surface area contributed by atoms with Crippen molar-refractivity contribution in [1.29, 1.82) is 0 Å². The van der Waals surface area contributed by atoms with Crippen LogP contribution in [0.3, 0.4) is 0 Å². The summed E-state index contributed by atoms with van der Waals surface area (Å²) in [5.74, 6) is -0.871. The van der Waals surface area contributed by atoms with Crippen molar-refractivity contribution < 1.29 is 14.4 Å². The van der Waals surface area contributed by atoms with Gasteiger partial charge in [-0.1, -0.05) is 23.2 Å². The van der Waals surface area contributed by atoms with Crippen LogP contribution in [-0.4, -0.2) is 46.1 Å². The Morgan fingerprint density at radius 2 is 1.52 bits per heavy atom. The molecule has 134 valence electrons. The summed E-state index contributed by atoms with van der Waals surface area (Å²) in [6, 6.07) is 3.21. The fourth-order valence-electron chi connectivity index (χ4n) is 3.74. The van der Waals surface area contributed by atoms with Crippen molar-refractivity contribution >= 4 is 40.9 Å². The number of likely N-dealkylation sites (tertiary alicyclic amines) is 1. The maximum atomic E-state index is 12.6. The summed E-state index contributed by atoms with van der Waals surface area (Å²) in [5.41, 5.74) is 0.484. The maximum absolute atomic E-state index is 12.6. The van der Waals surface area contributed by atoms with E-state index in [0.717, 1.165) is 24.2 Å². The van der Waals surface area contributed by atoms with Crippen LogP contribution in [0.2, 0.25) is 10.0 Å². The molecule has 0 unspecified atom stereocenters. The van der Waals surface area contributed by atoms with Crippen molar-refractivity contribution in [3.8, 4) is 0 Å². The maximum Gasteiger partial charge on any atom is 0.261 e. The molecule has 1 fully saturated rings. The highest BCUT2D eigenvalue weighted by Crippen LogP contribution is 2.31. The van der Waals surface area contributed by atoms with E-state index in [2.05, 4.69) is 0 Å². The zero-order valence-electron chi connectivity index (χ0n) is 14.2. The minimum atomic E-state index is -0.425. The lowest BCUT2D eigenvalue weighted by Gasteiger charge is -2.39. The van der Waals surface area contributed by atoms with Crippen LogP contribution in [0.1, 0.15) is 60.2 Å². The second-order valence-electron chi connectivity index (χ2n) is 6.75. The Bertz CT molecular complexity index is 699. The van der Waals surface area contributed by atoms with Crippen LogP contribution in [0.4, 0.5) is 0 Å². The van der Waals surface area contributed by atoms with E-state index in [1.807, 2.05) is 18.7 Å². The first-order valence-corrected chi connectivity index (χ1v) is 9.23. The van der Waals surface area contributed by atoms with Crippen LogP contribution >= 0.6 is 23.2 Å². The van der Waals surface area contributed by atoms with Gasteiger partial charge in [0.1, 0.15) is 0 Å². The van der Waals surface area contributed by atoms with Crippen LogP contribution < -0.4 is 0 Å². The first-order chi connectivity index (χ1) is 11.8. The molecule has 7 heteroatoms. The molecular weight excluding hydrogens is 363 g/mol. The molecule has 5 nitrogen and oxygen atoms in total. The zero-order valence-corrected chi connectivity index (χ0v) is 15.7. The Kier molecular flexibility index (Phi) is 5.07. The van der Waals surface area contributed by atoms with Crippen LogP contribution in [-0.2, 0) is 4.79 Å². The second kappa shape index (κ2) is 6.96. The topological polar surface area (TPSA) is 57.7 Å². The molecule has 3 amide bonds. The molecule has 0 bridgehead atoms. The van der Waals surface area contributed by atoms with E-state index in [-0.39, 0.29) is 52.1 Å². The molecule has 1 saturated heterocycles. The average Bonchev–Trinajstić information content (AvgIpc) is 2.77. The molecule has 0 N–H and O–H groups in total. The molecule has 3 rings (SSSR count). The Balaban J connectivity index is 1.71. The number of nitrogens with zero attached hydrogens (tertiary/aromatic N) is 2. The highest BCUT2D eigenvalue weighted by atomic mass is 35.5. The minimum Gasteiger partial charge on any atom is -0.337 e. The number of piperidine rings is 1. The molecule has 2 heterocycles. The average molecular weight is 383 g/mol. The fraction of sp³-hybridized carbons (Fsp3) is 0.500. The predicted molar refractivity (Wildman–Crippen MR) is 96.1 cm³/mol. The van der Waals surface area contributed by atoms with Gasteiger partial charge < -0.3 is 4.90 Å². The number of halogens is 2. The number of amides is 3. The number of carbonyl (C=O) groups excluding carboxylic acids is 3. The SMILES string of the molecule is C[C@@H]1CCC[C@@H](C)N1C(=O)CCN1C(=O)c2cc(Cl)c(Cl)cc2C1=O. The first kappa shape index (κ1) is 18.2. The normalized spacial score (nSPS) is 23.2. The third-order valence-electron chi connectivity index (χ3n) is 5.04. The molecule has 2 aliphatic heterocycles. The van der Waals surface area contributed by atoms with E-state index in [0.29, 0.717) is 0 Å². The summed E-state index contributed by atoms with van der Waals surface area (Å²) < 4.78 is 0. The number of benzene rings is 1. The summed E-state index contributed by atoms with van der Waals surface area (Å²) in [6.45, 7) is 4.15. The Hall–Kier alpha value is -1.59. The molecule has 0 radical (unpaired) electrons. The number of carbonyl (C=O) groups is 3. The quantitative estimate of drug-likeness (QED) is 0.747. The van der Waals surface area contributed by atoms with Crippen molar-refractivity contribution in [2.75, 3.05) is 6.54 Å². The summed E-state index contributed by atoms with van der Waals surface area (Å²) in [4.78, 5) is 40.5. The van der Waals surface area contributed by atoms with E-state index in [1.165, 1.54) is 12.1 Å². The van der Waals surface area contributed by atoms with Crippen molar-refractivity contribution in [3.63, 3.8) is 0 Å². The van der Waals surface area contributed by atoms with Crippen LogP contribution in [0.25, 0.3) is 0 Å². The largest absolute Gasteiger partial charge is 0.337 e. The molecule has 1 aromatic rings. The summed E-state index contributed by atoms with van der Waals surface area (Å²) in [7, 11) is 0. The summed E-state index contributed by atoms with van der Waals surface area (Å²) in [5, 5.41) is 0.464. The highest BCUT2D eigenvalue weighted by molar-refractivity contribution is 6.43. The Morgan fingerprint density at radius 3 is 2.00 bits per heavy atom. The predicted octanol–water partition coefficient (Wildman–Crippen LogP) is 3.77. The van der Waals surface area contributed by atoms with E-state index < -0.39 is 11.8 Å². The van der Waals surface area contributed by atoms with Gasteiger partial charge in [-0.05, 0) is 45.2 Å². The van der Waals surface area contributed by atoms with E-state index >= 15 is 0 Å². The third kappa shape index (κ3) is 3.27. The number of fused-ring (bicyclic) bond motifs is 1. The molecule has 0 spiro atoms. The molecule has 0 aliphatic carbocycles. The number of hydrogen-bond acceptors (Lipinski definition) is 3. The van der Waals surface area contributed by atoms with Crippen molar-refractivity contribution in [2.24, 2.45) is 0 Å². The molecule has 0 saturated carbocycles. The van der Waals surface area contributed by atoms with E-state index in [9.17, 15) is 14.4 Å². The second-order valence-corrected chi connectivity index (χ2v) is 7.57. The molecular formula is C18H20Cl2N2O3. The van der Waals surface area contributed by atoms with Gasteiger partial charge in [-0.15, -0.1) is 0 Å². The van der Waals surface area contributed by atoms with Crippen LogP contribution in [0.5, 0.6) is 0 Å². The molecule has 25 heavy (non-hydrogen) atoms. The zero-order chi connectivity index (χ0) is 18.3. The van der Waals surface area contributed by atoms with Gasteiger partial charge in [-0.25, -0.2) is 0 Å². The number of rotatable bonds is 3. The standard InChI is InChI=1S/C18H20Cl2N2O3/c1-10-4-3-5-11(2)22(10)16(23)6-7-21-17(24)12-8-14(19)15(20)9-13(12)18(21)25/h8-11H,3-7H2,1-2H3/t10-,11-/m1/s1. The van der Waals surface area contributed by atoms with Gasteiger partial charge in [0.05, 0.1) is 21.2 Å².